The number of hydrogen-bond acceptors (Lipinski definition) is 6. The molecule has 0 radical (unpaired) electrons. The number of carbonyl (C=O) groups is 2. The second-order valence-corrected chi connectivity index (χ2v) is 10.5. The average Bonchev–Trinajstić information content (AvgIpc) is 3.28. The summed E-state index contributed by atoms with van der Waals surface area (Å²) in [6.07, 6.45) is -3.05. The van der Waals surface area contributed by atoms with Gasteiger partial charge in [0.2, 0.25) is 0 Å². The van der Waals surface area contributed by atoms with E-state index in [0.29, 0.717) is 37.6 Å². The molecule has 3 amide bonds. The molecule has 1 fully saturated rings. The van der Waals surface area contributed by atoms with Crippen molar-refractivity contribution in [2.75, 3.05) is 41.9 Å². The highest BCUT2D eigenvalue weighted by molar-refractivity contribution is 6.31. The van der Waals surface area contributed by atoms with Crippen LogP contribution in [0, 0.1) is 5.92 Å². The van der Waals surface area contributed by atoms with Gasteiger partial charge in [-0.2, -0.15) is 13.2 Å². The molecule has 1 aliphatic heterocycles. The number of nitrogens with one attached hydrogen (secondary N) is 1. The Hall–Kier alpha value is -2.99. The van der Waals surface area contributed by atoms with Gasteiger partial charge in [0.1, 0.15) is 11.3 Å². The van der Waals surface area contributed by atoms with Gasteiger partial charge >= 0.3 is 18.3 Å². The van der Waals surface area contributed by atoms with Crippen LogP contribution in [-0.4, -0.2) is 59.8 Å². The van der Waals surface area contributed by atoms with E-state index in [9.17, 15) is 22.8 Å². The maximum absolute atomic E-state index is 13.2. The predicted molar refractivity (Wildman–Crippen MR) is 140 cm³/mol. The minimum atomic E-state index is -4.60. The summed E-state index contributed by atoms with van der Waals surface area (Å²) in [5.74, 6) is 0.616. The van der Waals surface area contributed by atoms with Gasteiger partial charge in [0, 0.05) is 37.6 Å². The molecule has 1 aliphatic rings. The van der Waals surface area contributed by atoms with Crippen molar-refractivity contribution in [3.8, 4) is 11.4 Å². The molecule has 1 aromatic heterocycles. The van der Waals surface area contributed by atoms with Gasteiger partial charge in [-0.1, -0.05) is 17.7 Å². The third-order valence-electron chi connectivity index (χ3n) is 5.67. The lowest BCUT2D eigenvalue weighted by Crippen LogP contribution is -2.39. The fraction of sp³-hybridized carbons (Fsp3) is 0.500. The summed E-state index contributed by atoms with van der Waals surface area (Å²) < 4.78 is 44.7. The Morgan fingerprint density at radius 2 is 2.00 bits per heavy atom. The molecule has 1 atom stereocenters. The molecule has 1 aromatic carbocycles. The van der Waals surface area contributed by atoms with Gasteiger partial charge in [-0.25, -0.2) is 19.6 Å². The van der Waals surface area contributed by atoms with Crippen LogP contribution >= 0.6 is 23.2 Å². The molecule has 0 saturated carbocycles. The maximum atomic E-state index is 13.2. The summed E-state index contributed by atoms with van der Waals surface area (Å²) in [5, 5.41) is 2.27. The zero-order valence-electron chi connectivity index (χ0n) is 21.1. The van der Waals surface area contributed by atoms with Gasteiger partial charge in [0.05, 0.1) is 16.8 Å². The SMILES string of the molecule is CC(C)(C)OC(=O)NCC1CCN(c2nc(-c3ccc(C(F)(F)F)c(Cl)c3)ncc2N(CCCl)C(N)=O)C1. The molecule has 38 heavy (non-hydrogen) atoms. The number of carbonyl (C=O) groups excluding carboxylic acids is 2. The first-order valence-corrected chi connectivity index (χ1v) is 12.7. The summed E-state index contributed by atoms with van der Waals surface area (Å²) in [5.41, 5.74) is 4.55. The number of amides is 3. The molecule has 0 aliphatic carbocycles. The summed E-state index contributed by atoms with van der Waals surface area (Å²) in [7, 11) is 0. The van der Waals surface area contributed by atoms with E-state index in [4.69, 9.17) is 33.7 Å². The number of nitrogens with zero attached hydrogens (tertiary/aromatic N) is 4. The summed E-state index contributed by atoms with van der Waals surface area (Å²) in [6, 6.07) is 2.48. The zero-order valence-corrected chi connectivity index (χ0v) is 22.6. The van der Waals surface area contributed by atoms with Gasteiger partial charge in [-0.05, 0) is 45.2 Å². The van der Waals surface area contributed by atoms with Crippen LogP contribution in [0.4, 0.5) is 34.3 Å². The Balaban J connectivity index is 1.91. The van der Waals surface area contributed by atoms with Crippen LogP contribution in [0.25, 0.3) is 11.4 Å². The van der Waals surface area contributed by atoms with Crippen molar-refractivity contribution in [1.29, 1.82) is 0 Å². The zero-order chi connectivity index (χ0) is 28.3. The van der Waals surface area contributed by atoms with E-state index >= 15 is 0 Å². The molecule has 0 bridgehead atoms. The Kier molecular flexibility index (Phi) is 9.19. The van der Waals surface area contributed by atoms with E-state index in [-0.39, 0.29) is 29.7 Å². The number of anilines is 2. The Bertz CT molecular complexity index is 1180. The average molecular weight is 577 g/mol. The smallest absolute Gasteiger partial charge is 0.417 e. The third-order valence-corrected chi connectivity index (χ3v) is 6.15. The van der Waals surface area contributed by atoms with Crippen molar-refractivity contribution in [2.24, 2.45) is 11.7 Å². The van der Waals surface area contributed by atoms with Crippen LogP contribution in [0.2, 0.25) is 5.02 Å². The highest BCUT2D eigenvalue weighted by atomic mass is 35.5. The number of urea groups is 1. The number of hydrogen-bond donors (Lipinski definition) is 2. The van der Waals surface area contributed by atoms with Gasteiger partial charge in [-0.3, -0.25) is 4.90 Å². The highest BCUT2D eigenvalue weighted by Crippen LogP contribution is 2.38. The van der Waals surface area contributed by atoms with Gasteiger partial charge in [0.25, 0.3) is 0 Å². The lowest BCUT2D eigenvalue weighted by molar-refractivity contribution is -0.137. The standard InChI is InChI=1S/C24H29Cl2F3N6O3/c1-23(2,3)38-22(37)32-11-14-6-8-34(13-14)20-18(35(9-7-25)21(30)36)12-31-19(33-20)15-4-5-16(17(26)10-15)24(27,28)29/h4-5,10,12,14H,6-9,11,13H2,1-3H3,(H2,30,36)(H,32,37). The highest BCUT2D eigenvalue weighted by Gasteiger charge is 2.34. The minimum Gasteiger partial charge on any atom is -0.444 e. The topological polar surface area (TPSA) is 114 Å². The minimum absolute atomic E-state index is 0.0457. The maximum Gasteiger partial charge on any atom is 0.417 e. The molecule has 0 spiro atoms. The number of halogens is 5. The van der Waals surface area contributed by atoms with E-state index in [2.05, 4.69) is 15.3 Å². The van der Waals surface area contributed by atoms with Crippen LogP contribution in [0.15, 0.2) is 24.4 Å². The Morgan fingerprint density at radius 3 is 2.58 bits per heavy atom. The van der Waals surface area contributed by atoms with E-state index in [1.54, 1.807) is 20.8 Å². The van der Waals surface area contributed by atoms with E-state index < -0.39 is 34.5 Å². The monoisotopic (exact) mass is 576 g/mol. The number of alkyl carbamates (subject to hydrolysis) is 1. The van der Waals surface area contributed by atoms with Crippen molar-refractivity contribution in [3.05, 3.63) is 35.0 Å². The molecule has 2 aromatic rings. The van der Waals surface area contributed by atoms with Crippen molar-refractivity contribution in [2.45, 2.75) is 39.0 Å². The first kappa shape index (κ1) is 29.6. The van der Waals surface area contributed by atoms with Gasteiger partial charge < -0.3 is 20.7 Å². The predicted octanol–water partition coefficient (Wildman–Crippen LogP) is 5.29. The largest absolute Gasteiger partial charge is 0.444 e. The quantitative estimate of drug-likeness (QED) is 0.433. The molecule has 208 valence electrons. The first-order valence-electron chi connectivity index (χ1n) is 11.8. The molecule has 14 heteroatoms. The number of benzene rings is 1. The van der Waals surface area contributed by atoms with Crippen LogP contribution in [0.3, 0.4) is 0 Å². The molecular weight excluding hydrogens is 548 g/mol. The number of primary amides is 1. The fourth-order valence-electron chi connectivity index (χ4n) is 3.98. The normalized spacial score (nSPS) is 15.9. The third kappa shape index (κ3) is 7.53. The number of aromatic nitrogens is 2. The number of ether oxygens (including phenoxy) is 1. The summed E-state index contributed by atoms with van der Waals surface area (Å²) in [4.78, 5) is 36.2. The van der Waals surface area contributed by atoms with Gasteiger partial charge in [-0.15, -0.1) is 11.6 Å². The van der Waals surface area contributed by atoms with Crippen molar-refractivity contribution >= 4 is 46.8 Å². The van der Waals surface area contributed by atoms with Crippen molar-refractivity contribution < 1.29 is 27.5 Å². The molecule has 9 nitrogen and oxygen atoms in total. The second kappa shape index (κ2) is 11.8. The summed E-state index contributed by atoms with van der Waals surface area (Å²) in [6.45, 7) is 6.77. The number of nitrogens with two attached hydrogens (primary N) is 1. The molecule has 3 N–H and O–H groups in total. The second-order valence-electron chi connectivity index (χ2n) is 9.76. The summed E-state index contributed by atoms with van der Waals surface area (Å²) >= 11 is 11.8. The molecule has 3 rings (SSSR count). The van der Waals surface area contributed by atoms with Crippen LogP contribution in [0.1, 0.15) is 32.8 Å². The van der Waals surface area contributed by atoms with Crippen molar-refractivity contribution in [1.82, 2.24) is 15.3 Å². The first-order chi connectivity index (χ1) is 17.7. The Morgan fingerprint density at radius 1 is 1.29 bits per heavy atom. The lowest BCUT2D eigenvalue weighted by Gasteiger charge is -2.27. The Labute approximate surface area is 228 Å². The van der Waals surface area contributed by atoms with Crippen LogP contribution < -0.4 is 20.9 Å². The van der Waals surface area contributed by atoms with Gasteiger partial charge in [0.15, 0.2) is 11.6 Å². The number of alkyl halides is 4. The molecule has 1 unspecified atom stereocenters. The van der Waals surface area contributed by atoms with E-state index in [1.807, 2.05) is 4.90 Å². The van der Waals surface area contributed by atoms with Crippen molar-refractivity contribution in [3.63, 3.8) is 0 Å². The lowest BCUT2D eigenvalue weighted by atomic mass is 10.1. The fourth-order valence-corrected chi connectivity index (χ4v) is 4.44. The number of rotatable bonds is 7. The molecular formula is C24H29Cl2F3N6O3. The van der Waals surface area contributed by atoms with E-state index in [0.717, 1.165) is 12.1 Å². The van der Waals surface area contributed by atoms with E-state index in [1.165, 1.54) is 17.2 Å². The van der Waals surface area contributed by atoms with Crippen LogP contribution in [-0.2, 0) is 10.9 Å². The van der Waals surface area contributed by atoms with Crippen LogP contribution in [0.5, 0.6) is 0 Å². The molecule has 2 heterocycles. The molecule has 1 saturated heterocycles.